The molecule has 0 aliphatic rings. The van der Waals surface area contributed by atoms with Gasteiger partial charge < -0.3 is 5.32 Å². The molecule has 1 amide bonds. The van der Waals surface area contributed by atoms with Crippen molar-refractivity contribution >= 4 is 40.0 Å². The van der Waals surface area contributed by atoms with E-state index in [0.29, 0.717) is 10.7 Å². The van der Waals surface area contributed by atoms with Gasteiger partial charge in [0.05, 0.1) is 10.7 Å². The molecule has 0 spiro atoms. The lowest BCUT2D eigenvalue weighted by molar-refractivity contribution is -0.112. The lowest BCUT2D eigenvalue weighted by atomic mass is 10.0. The normalized spacial score (nSPS) is 11.1. The van der Waals surface area contributed by atoms with E-state index in [2.05, 4.69) is 5.32 Å². The van der Waals surface area contributed by atoms with Crippen molar-refractivity contribution < 1.29 is 4.79 Å². The molecule has 0 bridgehead atoms. The molecule has 0 aliphatic carbocycles. The number of anilines is 1. The average Bonchev–Trinajstić information content (AvgIpc) is 2.61. The number of nitrogens with zero attached hydrogens (tertiary/aromatic N) is 1. The number of rotatable bonds is 3. The van der Waals surface area contributed by atoms with E-state index in [1.807, 2.05) is 48.5 Å². The third-order valence-electron chi connectivity index (χ3n) is 3.57. The Morgan fingerprint density at radius 2 is 1.71 bits per heavy atom. The second-order valence-electron chi connectivity index (χ2n) is 5.21. The molecule has 0 saturated carbocycles. The molecule has 3 aromatic rings. The molecule has 3 nitrogen and oxygen atoms in total. The van der Waals surface area contributed by atoms with E-state index >= 15 is 0 Å². The van der Waals surface area contributed by atoms with Crippen LogP contribution in [0.4, 0.5) is 5.69 Å². The first-order chi connectivity index (χ1) is 11.7. The van der Waals surface area contributed by atoms with E-state index in [-0.39, 0.29) is 5.57 Å². The van der Waals surface area contributed by atoms with Gasteiger partial charge in [0.1, 0.15) is 11.6 Å². The average molecular weight is 333 g/mol. The number of halogens is 1. The van der Waals surface area contributed by atoms with Crippen molar-refractivity contribution in [2.45, 2.75) is 0 Å². The Kier molecular flexibility index (Phi) is 4.60. The van der Waals surface area contributed by atoms with Gasteiger partial charge in [0.25, 0.3) is 5.91 Å². The lowest BCUT2D eigenvalue weighted by Crippen LogP contribution is -2.13. The van der Waals surface area contributed by atoms with Crippen LogP contribution < -0.4 is 5.32 Å². The summed E-state index contributed by atoms with van der Waals surface area (Å²) in [6, 6.07) is 22.5. The maximum absolute atomic E-state index is 12.3. The van der Waals surface area contributed by atoms with Crippen molar-refractivity contribution in [1.82, 2.24) is 0 Å². The Hall–Kier alpha value is -3.09. The Morgan fingerprint density at radius 3 is 2.46 bits per heavy atom. The van der Waals surface area contributed by atoms with Gasteiger partial charge in [0.2, 0.25) is 0 Å². The summed E-state index contributed by atoms with van der Waals surface area (Å²) in [6.07, 6.45) is 1.57. The predicted octanol–water partition coefficient (Wildman–Crippen LogP) is 5.04. The molecule has 0 unspecified atom stereocenters. The first-order valence-corrected chi connectivity index (χ1v) is 7.71. The maximum atomic E-state index is 12.3. The highest BCUT2D eigenvalue weighted by Crippen LogP contribution is 2.22. The number of hydrogen-bond acceptors (Lipinski definition) is 2. The van der Waals surface area contributed by atoms with Crippen LogP contribution in [0.2, 0.25) is 5.02 Å². The van der Waals surface area contributed by atoms with Crippen LogP contribution in [0.15, 0.2) is 72.3 Å². The van der Waals surface area contributed by atoms with Crippen LogP contribution in [0.25, 0.3) is 16.8 Å². The molecule has 0 radical (unpaired) electrons. The van der Waals surface area contributed by atoms with Gasteiger partial charge >= 0.3 is 0 Å². The molecule has 0 aliphatic heterocycles. The quantitative estimate of drug-likeness (QED) is 0.539. The highest BCUT2D eigenvalue weighted by atomic mass is 35.5. The fourth-order valence-electron chi connectivity index (χ4n) is 2.37. The predicted molar refractivity (Wildman–Crippen MR) is 97.6 cm³/mol. The monoisotopic (exact) mass is 332 g/mol. The van der Waals surface area contributed by atoms with E-state index in [1.54, 1.807) is 30.3 Å². The second kappa shape index (κ2) is 6.99. The summed E-state index contributed by atoms with van der Waals surface area (Å²) in [5.74, 6) is -0.487. The van der Waals surface area contributed by atoms with Crippen LogP contribution in [0.3, 0.4) is 0 Å². The van der Waals surface area contributed by atoms with Crippen molar-refractivity contribution in [3.8, 4) is 6.07 Å². The third-order valence-corrected chi connectivity index (χ3v) is 3.90. The Balaban J connectivity index is 1.89. The molecule has 0 atom stereocenters. The summed E-state index contributed by atoms with van der Waals surface area (Å²) in [5.41, 5.74) is 1.29. The van der Waals surface area contributed by atoms with E-state index in [1.165, 1.54) is 0 Å². The SMILES string of the molecule is N#C/C(=C\c1ccc2ccccc2c1)C(=O)Nc1ccccc1Cl. The fourth-order valence-corrected chi connectivity index (χ4v) is 2.55. The topological polar surface area (TPSA) is 52.9 Å². The second-order valence-corrected chi connectivity index (χ2v) is 5.62. The molecule has 0 saturated heterocycles. The summed E-state index contributed by atoms with van der Waals surface area (Å²) in [4.78, 5) is 12.3. The van der Waals surface area contributed by atoms with Gasteiger partial charge in [-0.15, -0.1) is 0 Å². The molecule has 0 heterocycles. The smallest absolute Gasteiger partial charge is 0.266 e. The zero-order valence-electron chi connectivity index (χ0n) is 12.7. The van der Waals surface area contributed by atoms with Crippen molar-refractivity contribution in [1.29, 1.82) is 5.26 Å². The lowest BCUT2D eigenvalue weighted by Gasteiger charge is -2.06. The van der Waals surface area contributed by atoms with Gasteiger partial charge in [-0.25, -0.2) is 0 Å². The highest BCUT2D eigenvalue weighted by Gasteiger charge is 2.11. The van der Waals surface area contributed by atoms with Crippen molar-refractivity contribution in [2.75, 3.05) is 5.32 Å². The Bertz CT molecular complexity index is 986. The number of fused-ring (bicyclic) bond motifs is 1. The molecular weight excluding hydrogens is 320 g/mol. The number of carbonyl (C=O) groups excluding carboxylic acids is 1. The summed E-state index contributed by atoms with van der Waals surface area (Å²) < 4.78 is 0. The number of amides is 1. The van der Waals surface area contributed by atoms with Crippen molar-refractivity contribution in [3.05, 3.63) is 82.9 Å². The highest BCUT2D eigenvalue weighted by molar-refractivity contribution is 6.34. The third kappa shape index (κ3) is 3.45. The summed E-state index contributed by atoms with van der Waals surface area (Å²) in [5, 5.41) is 14.5. The van der Waals surface area contributed by atoms with Gasteiger partial charge in [-0.1, -0.05) is 60.1 Å². The van der Waals surface area contributed by atoms with Gasteiger partial charge in [-0.3, -0.25) is 4.79 Å². The van der Waals surface area contributed by atoms with E-state index in [4.69, 9.17) is 11.6 Å². The molecule has 3 rings (SSSR count). The number of carbonyl (C=O) groups is 1. The first kappa shape index (κ1) is 15.8. The molecular formula is C20H13ClN2O. The van der Waals surface area contributed by atoms with Crippen LogP contribution in [0.1, 0.15) is 5.56 Å². The van der Waals surface area contributed by atoms with Crippen molar-refractivity contribution in [3.63, 3.8) is 0 Å². The fraction of sp³-hybridized carbons (Fsp3) is 0. The Morgan fingerprint density at radius 1 is 1.00 bits per heavy atom. The van der Waals surface area contributed by atoms with Crippen LogP contribution in [0.5, 0.6) is 0 Å². The van der Waals surface area contributed by atoms with Gasteiger partial charge in [0.15, 0.2) is 0 Å². The largest absolute Gasteiger partial charge is 0.320 e. The molecule has 4 heteroatoms. The summed E-state index contributed by atoms with van der Waals surface area (Å²) in [6.45, 7) is 0. The van der Waals surface area contributed by atoms with Gasteiger partial charge in [-0.05, 0) is 40.6 Å². The zero-order chi connectivity index (χ0) is 16.9. The van der Waals surface area contributed by atoms with Crippen LogP contribution in [-0.4, -0.2) is 5.91 Å². The molecule has 116 valence electrons. The van der Waals surface area contributed by atoms with Crippen LogP contribution in [-0.2, 0) is 4.79 Å². The number of nitrogens with one attached hydrogen (secondary N) is 1. The number of benzene rings is 3. The Labute approximate surface area is 144 Å². The molecule has 0 fully saturated rings. The van der Waals surface area contributed by atoms with E-state index in [9.17, 15) is 10.1 Å². The number of hydrogen-bond donors (Lipinski definition) is 1. The first-order valence-electron chi connectivity index (χ1n) is 7.34. The zero-order valence-corrected chi connectivity index (χ0v) is 13.4. The summed E-state index contributed by atoms with van der Waals surface area (Å²) in [7, 11) is 0. The van der Waals surface area contributed by atoms with Crippen molar-refractivity contribution in [2.24, 2.45) is 0 Å². The number of para-hydroxylation sites is 1. The van der Waals surface area contributed by atoms with E-state index < -0.39 is 5.91 Å². The maximum Gasteiger partial charge on any atom is 0.266 e. The van der Waals surface area contributed by atoms with Gasteiger partial charge in [-0.2, -0.15) is 5.26 Å². The summed E-state index contributed by atoms with van der Waals surface area (Å²) >= 11 is 6.02. The van der Waals surface area contributed by atoms with Crippen LogP contribution >= 0.6 is 11.6 Å². The minimum atomic E-state index is -0.487. The molecule has 3 aromatic carbocycles. The molecule has 1 N–H and O–H groups in total. The standard InChI is InChI=1S/C20H13ClN2O/c21-18-7-3-4-8-19(18)23-20(24)17(13-22)12-14-9-10-15-5-1-2-6-16(15)11-14/h1-12H,(H,23,24)/b17-12+. The molecule has 0 aromatic heterocycles. The minimum absolute atomic E-state index is 0.0187. The molecule has 24 heavy (non-hydrogen) atoms. The van der Waals surface area contributed by atoms with Crippen LogP contribution in [0, 0.1) is 11.3 Å². The minimum Gasteiger partial charge on any atom is -0.320 e. The van der Waals surface area contributed by atoms with Gasteiger partial charge in [0, 0.05) is 0 Å². The number of nitriles is 1. The van der Waals surface area contributed by atoms with E-state index in [0.717, 1.165) is 16.3 Å².